The van der Waals surface area contributed by atoms with E-state index in [9.17, 15) is 19.1 Å². The molecule has 3 atom stereocenters. The van der Waals surface area contributed by atoms with Gasteiger partial charge in [-0.25, -0.2) is 18.6 Å². The first-order chi connectivity index (χ1) is 17.8. The van der Waals surface area contributed by atoms with E-state index < -0.39 is 35.0 Å². The molecule has 0 radical (unpaired) electrons. The monoisotopic (exact) mass is 513 g/mol. The molecule has 1 aliphatic heterocycles. The van der Waals surface area contributed by atoms with Gasteiger partial charge in [-0.1, -0.05) is 17.3 Å². The Hall–Kier alpha value is -4.06. The quantitative estimate of drug-likeness (QED) is 0.439. The normalized spacial score (nSPS) is 22.0. The molecule has 37 heavy (non-hydrogen) atoms. The molecule has 2 aliphatic rings. The summed E-state index contributed by atoms with van der Waals surface area (Å²) in [6.45, 7) is 0.960. The van der Waals surface area contributed by atoms with Crippen molar-refractivity contribution in [3.8, 4) is 5.75 Å². The lowest BCUT2D eigenvalue weighted by molar-refractivity contribution is 0.0694. The number of carboxylic acids is 1. The fourth-order valence-electron chi connectivity index (χ4n) is 4.45. The Morgan fingerprint density at radius 2 is 2.05 bits per heavy atom. The van der Waals surface area contributed by atoms with Crippen LogP contribution < -0.4 is 20.8 Å². The van der Waals surface area contributed by atoms with Crippen LogP contribution in [-0.4, -0.2) is 59.3 Å². The molecule has 194 valence electrons. The van der Waals surface area contributed by atoms with E-state index in [0.29, 0.717) is 12.3 Å². The van der Waals surface area contributed by atoms with E-state index in [1.165, 1.54) is 4.57 Å². The van der Waals surface area contributed by atoms with Crippen LogP contribution in [0.4, 0.5) is 14.6 Å². The van der Waals surface area contributed by atoms with Crippen molar-refractivity contribution < 1.29 is 28.3 Å². The van der Waals surface area contributed by atoms with Crippen molar-refractivity contribution in [2.24, 2.45) is 16.8 Å². The molecule has 1 saturated heterocycles. The van der Waals surface area contributed by atoms with Gasteiger partial charge in [-0.2, -0.15) is 0 Å². The van der Waals surface area contributed by atoms with E-state index in [2.05, 4.69) is 10.1 Å². The molecule has 1 aromatic carbocycles. The number of hydrogen-bond acceptors (Lipinski definition) is 8. The number of halogens is 2. The highest BCUT2D eigenvalue weighted by molar-refractivity contribution is 5.95. The number of methoxy groups -OCH3 is 1. The number of aromatic carboxylic acids is 1. The van der Waals surface area contributed by atoms with Gasteiger partial charge in [-0.05, 0) is 23.8 Å². The number of carboxylic acid groups (broad SMARTS) is 1. The Kier molecular flexibility index (Phi) is 6.50. The van der Waals surface area contributed by atoms with Gasteiger partial charge in [0.25, 0.3) is 0 Å². The van der Waals surface area contributed by atoms with Gasteiger partial charge in [0.15, 0.2) is 11.6 Å². The van der Waals surface area contributed by atoms with Gasteiger partial charge < -0.3 is 29.9 Å². The summed E-state index contributed by atoms with van der Waals surface area (Å²) in [5.74, 6) is -1.83. The van der Waals surface area contributed by atoms with Crippen LogP contribution in [-0.2, 0) is 11.4 Å². The van der Waals surface area contributed by atoms with E-state index in [-0.39, 0.29) is 48.9 Å². The van der Waals surface area contributed by atoms with Crippen molar-refractivity contribution in [1.82, 2.24) is 9.55 Å². The number of anilines is 1. The maximum Gasteiger partial charge on any atom is 0.341 e. The second-order valence-corrected chi connectivity index (χ2v) is 9.09. The summed E-state index contributed by atoms with van der Waals surface area (Å²) in [6, 6.07) is 7.63. The Balaban J connectivity index is 1.43. The van der Waals surface area contributed by atoms with Gasteiger partial charge in [0, 0.05) is 31.6 Å². The number of hydrogen-bond donors (Lipinski definition) is 2. The zero-order chi connectivity index (χ0) is 26.3. The minimum Gasteiger partial charge on any atom is -0.497 e. The summed E-state index contributed by atoms with van der Waals surface area (Å²) < 4.78 is 35.6. The number of fused-ring (bicyclic) bond motifs is 1. The molecule has 1 aliphatic carbocycles. The number of carbonyl (C=O) groups is 1. The number of rotatable bonds is 8. The molecule has 5 rings (SSSR count). The second kappa shape index (κ2) is 9.77. The summed E-state index contributed by atoms with van der Waals surface area (Å²) >= 11 is 0. The van der Waals surface area contributed by atoms with Crippen LogP contribution in [0.25, 0.3) is 11.0 Å². The molecule has 1 unspecified atom stereocenters. The molecular weight excluding hydrogens is 488 g/mol. The van der Waals surface area contributed by atoms with Crippen LogP contribution in [0.1, 0.15) is 28.4 Å². The molecule has 10 nitrogen and oxygen atoms in total. The van der Waals surface area contributed by atoms with Crippen molar-refractivity contribution in [2.45, 2.75) is 25.2 Å². The second-order valence-electron chi connectivity index (χ2n) is 9.09. The Bertz CT molecular complexity index is 1440. The average molecular weight is 514 g/mol. The number of nitrogens with zero attached hydrogens (tertiary/aromatic N) is 4. The highest BCUT2D eigenvalue weighted by Crippen LogP contribution is 2.40. The lowest BCUT2D eigenvalue weighted by Crippen LogP contribution is -2.26. The van der Waals surface area contributed by atoms with Crippen molar-refractivity contribution in [2.75, 3.05) is 31.6 Å². The van der Waals surface area contributed by atoms with Gasteiger partial charge in [0.2, 0.25) is 5.43 Å². The average Bonchev–Trinajstić information content (AvgIpc) is 3.47. The van der Waals surface area contributed by atoms with Crippen LogP contribution in [0, 0.1) is 11.7 Å². The topological polar surface area (TPSA) is 132 Å². The molecular formula is C25H25F2N5O5. The Morgan fingerprint density at radius 1 is 1.32 bits per heavy atom. The third-order valence-electron chi connectivity index (χ3n) is 6.63. The zero-order valence-electron chi connectivity index (χ0n) is 19.9. The smallest absolute Gasteiger partial charge is 0.341 e. The zero-order valence-corrected chi connectivity index (χ0v) is 19.9. The lowest BCUT2D eigenvalue weighted by atomic mass is 10.1. The maximum atomic E-state index is 15.2. The third-order valence-corrected chi connectivity index (χ3v) is 6.63. The molecule has 0 amide bonds. The highest BCUT2D eigenvalue weighted by Gasteiger charge is 2.41. The molecule has 2 fully saturated rings. The number of benzene rings is 1. The maximum absolute atomic E-state index is 15.2. The molecule has 2 aromatic heterocycles. The number of ether oxygens (including phenoxy) is 1. The summed E-state index contributed by atoms with van der Waals surface area (Å²) in [7, 11) is 1.58. The van der Waals surface area contributed by atoms with Gasteiger partial charge in [-0.15, -0.1) is 0 Å². The molecule has 1 saturated carbocycles. The van der Waals surface area contributed by atoms with Crippen molar-refractivity contribution in [3.05, 3.63) is 63.7 Å². The molecule has 0 bridgehead atoms. The Labute approximate surface area is 209 Å². The SMILES string of the molecule is COc1ccc(CO/N=C2\CN(c3nc4c(cc3F)c(=O)c(C(=O)O)cn4[C@@H]3C[C@@H]3F)CC2CN)cc1. The van der Waals surface area contributed by atoms with Crippen LogP contribution in [0.3, 0.4) is 0 Å². The van der Waals surface area contributed by atoms with Crippen molar-refractivity contribution >= 4 is 28.5 Å². The number of nitrogens with two attached hydrogens (primary N) is 1. The summed E-state index contributed by atoms with van der Waals surface area (Å²) in [5, 5.41) is 13.4. The first kappa shape index (κ1) is 24.6. The van der Waals surface area contributed by atoms with Crippen LogP contribution in [0.5, 0.6) is 5.75 Å². The summed E-state index contributed by atoms with van der Waals surface area (Å²) in [4.78, 5) is 35.7. The number of pyridine rings is 2. The number of oxime groups is 1. The molecule has 3 N–H and O–H groups in total. The van der Waals surface area contributed by atoms with Gasteiger partial charge in [-0.3, -0.25) is 4.79 Å². The van der Waals surface area contributed by atoms with Gasteiger partial charge in [0.1, 0.15) is 29.7 Å². The lowest BCUT2D eigenvalue weighted by Gasteiger charge is -2.19. The van der Waals surface area contributed by atoms with E-state index >= 15 is 4.39 Å². The van der Waals surface area contributed by atoms with Crippen LogP contribution >= 0.6 is 0 Å². The van der Waals surface area contributed by atoms with E-state index in [1.54, 1.807) is 12.0 Å². The standard InChI is InChI=1S/C25H25F2N5O5/c1-36-15-4-2-13(3-5-15)12-37-30-20-11-31(9-14(20)8-28)24-19(27)6-16-22(33)17(25(34)35)10-32(23(16)29-24)21-7-18(21)26/h2-6,10,14,18,21H,7-9,11-12,28H2,1H3,(H,34,35)/b30-20+/t14?,18-,21+/m0/s1. The molecule has 0 spiro atoms. The fraction of sp³-hybridized carbons (Fsp3) is 0.360. The number of alkyl halides is 1. The first-order valence-corrected chi connectivity index (χ1v) is 11.7. The number of aromatic nitrogens is 2. The van der Waals surface area contributed by atoms with E-state index in [0.717, 1.165) is 23.6 Å². The summed E-state index contributed by atoms with van der Waals surface area (Å²) in [5.41, 5.74) is 6.02. The minimum absolute atomic E-state index is 0.0296. The molecule has 12 heteroatoms. The van der Waals surface area contributed by atoms with Gasteiger partial charge in [0.05, 0.1) is 30.8 Å². The fourth-order valence-corrected chi connectivity index (χ4v) is 4.45. The Morgan fingerprint density at radius 3 is 2.68 bits per heavy atom. The molecule has 3 aromatic rings. The summed E-state index contributed by atoms with van der Waals surface area (Å²) in [6.07, 6.45) is 0.0447. The minimum atomic E-state index is -1.47. The van der Waals surface area contributed by atoms with Crippen molar-refractivity contribution in [1.29, 1.82) is 0 Å². The predicted octanol–water partition coefficient (Wildman–Crippen LogP) is 2.49. The highest BCUT2D eigenvalue weighted by atomic mass is 19.1. The molecule has 3 heterocycles. The van der Waals surface area contributed by atoms with Crippen LogP contribution in [0.15, 0.2) is 46.5 Å². The van der Waals surface area contributed by atoms with E-state index in [1.807, 2.05) is 24.3 Å². The largest absolute Gasteiger partial charge is 0.497 e. The van der Waals surface area contributed by atoms with Gasteiger partial charge >= 0.3 is 5.97 Å². The first-order valence-electron chi connectivity index (χ1n) is 11.7. The third kappa shape index (κ3) is 4.71. The van der Waals surface area contributed by atoms with Crippen LogP contribution in [0.2, 0.25) is 0 Å². The van der Waals surface area contributed by atoms with Crippen molar-refractivity contribution in [3.63, 3.8) is 0 Å². The van der Waals surface area contributed by atoms with E-state index in [4.69, 9.17) is 15.3 Å². The predicted molar refractivity (Wildman–Crippen MR) is 131 cm³/mol.